The molecule has 0 saturated heterocycles. The molecular weight excluding hydrogens is 151 g/mol. The topological polar surface area (TPSA) is 26.3 Å². The van der Waals surface area contributed by atoms with Gasteiger partial charge in [0.25, 0.3) is 0 Å². The van der Waals surface area contributed by atoms with Crippen LogP contribution >= 0.6 is 0 Å². The second kappa shape index (κ2) is 3.95. The van der Waals surface area contributed by atoms with Crippen LogP contribution in [-0.2, 0) is 11.1 Å². The molecule has 2 nitrogen and oxygen atoms in total. The van der Waals surface area contributed by atoms with E-state index >= 15 is 0 Å². The van der Waals surface area contributed by atoms with Crippen molar-refractivity contribution in [3.8, 4) is 0 Å². The van der Waals surface area contributed by atoms with Crippen LogP contribution in [0.5, 0.6) is 0 Å². The zero-order valence-electron chi connectivity index (χ0n) is 6.91. The van der Waals surface area contributed by atoms with Crippen LogP contribution in [0.3, 0.4) is 0 Å². The van der Waals surface area contributed by atoms with Crippen molar-refractivity contribution in [3.05, 3.63) is 35.4 Å². The van der Waals surface area contributed by atoms with Crippen LogP contribution in [0, 0.1) is 0 Å². The summed E-state index contributed by atoms with van der Waals surface area (Å²) in [6, 6.07) is 7.08. The molecule has 1 aromatic rings. The zero-order valence-corrected chi connectivity index (χ0v) is 6.91. The number of carbonyl (C=O) groups excluding carboxylic acids is 1. The van der Waals surface area contributed by atoms with Crippen LogP contribution in [0.1, 0.15) is 15.9 Å². The molecular formula is C9H9BO2. The molecule has 0 heterocycles. The predicted octanol–water partition coefficient (Wildman–Crippen LogP) is 1.14. The molecule has 0 bridgehead atoms. The number of hydrogen-bond acceptors (Lipinski definition) is 2. The first-order valence-corrected chi connectivity index (χ1v) is 3.65. The SMILES string of the molecule is [B]Cc1cccc(C(=O)OC)c1. The molecule has 3 heteroatoms. The van der Waals surface area contributed by atoms with Crippen molar-refractivity contribution in [2.45, 2.75) is 6.32 Å². The Bertz CT molecular complexity index is 284. The lowest BCUT2D eigenvalue weighted by Gasteiger charge is -2.00. The van der Waals surface area contributed by atoms with Crippen molar-refractivity contribution in [2.75, 3.05) is 7.11 Å². The molecule has 0 fully saturated rings. The molecule has 1 rings (SSSR count). The van der Waals surface area contributed by atoms with Gasteiger partial charge in [-0.25, -0.2) is 4.79 Å². The van der Waals surface area contributed by atoms with Gasteiger partial charge in [0.05, 0.1) is 20.5 Å². The fourth-order valence-corrected chi connectivity index (χ4v) is 0.943. The third kappa shape index (κ3) is 1.88. The average molecular weight is 160 g/mol. The Morgan fingerprint density at radius 2 is 2.33 bits per heavy atom. The minimum Gasteiger partial charge on any atom is -0.465 e. The number of rotatable bonds is 2. The zero-order chi connectivity index (χ0) is 8.97. The minimum absolute atomic E-state index is 0.328. The van der Waals surface area contributed by atoms with Gasteiger partial charge in [-0.1, -0.05) is 24.0 Å². The first kappa shape index (κ1) is 8.85. The van der Waals surface area contributed by atoms with E-state index < -0.39 is 0 Å². The Hall–Kier alpha value is -1.25. The van der Waals surface area contributed by atoms with E-state index in [0.29, 0.717) is 11.9 Å². The molecule has 12 heavy (non-hydrogen) atoms. The van der Waals surface area contributed by atoms with Crippen molar-refractivity contribution in [1.29, 1.82) is 0 Å². The number of ether oxygens (including phenoxy) is 1. The second-order valence-electron chi connectivity index (χ2n) is 2.40. The number of methoxy groups -OCH3 is 1. The van der Waals surface area contributed by atoms with Crippen LogP contribution in [0.2, 0.25) is 0 Å². The molecule has 0 spiro atoms. The van der Waals surface area contributed by atoms with E-state index in [0.717, 1.165) is 5.56 Å². The van der Waals surface area contributed by atoms with Gasteiger partial charge in [-0.2, -0.15) is 0 Å². The van der Waals surface area contributed by atoms with E-state index in [9.17, 15) is 4.79 Å². The summed E-state index contributed by atoms with van der Waals surface area (Å²) in [5.41, 5.74) is 1.47. The highest BCUT2D eigenvalue weighted by molar-refractivity contribution is 6.08. The highest BCUT2D eigenvalue weighted by Crippen LogP contribution is 2.05. The molecule has 1 aromatic carbocycles. The summed E-state index contributed by atoms with van der Waals surface area (Å²) in [6.07, 6.45) is 0.435. The van der Waals surface area contributed by atoms with Crippen LogP contribution in [-0.4, -0.2) is 20.9 Å². The van der Waals surface area contributed by atoms with Gasteiger partial charge in [0, 0.05) is 0 Å². The fraction of sp³-hybridized carbons (Fsp3) is 0.222. The Labute approximate surface area is 73.0 Å². The predicted molar refractivity (Wildman–Crippen MR) is 47.2 cm³/mol. The van der Waals surface area contributed by atoms with Crippen LogP contribution in [0.15, 0.2) is 24.3 Å². The maximum absolute atomic E-state index is 11.0. The van der Waals surface area contributed by atoms with Gasteiger partial charge in [-0.15, -0.1) is 0 Å². The van der Waals surface area contributed by atoms with Crippen LogP contribution in [0.4, 0.5) is 0 Å². The molecule has 0 N–H and O–H groups in total. The summed E-state index contributed by atoms with van der Waals surface area (Å²) in [4.78, 5) is 11.0. The van der Waals surface area contributed by atoms with Crippen LogP contribution in [0.25, 0.3) is 0 Å². The highest BCUT2D eigenvalue weighted by Gasteiger charge is 2.03. The van der Waals surface area contributed by atoms with E-state index in [2.05, 4.69) is 4.74 Å². The summed E-state index contributed by atoms with van der Waals surface area (Å²) in [5.74, 6) is -0.328. The van der Waals surface area contributed by atoms with Crippen molar-refractivity contribution in [2.24, 2.45) is 0 Å². The standard InChI is InChI=1S/C9H9BO2/c1-12-9(11)8-4-2-3-7(5-8)6-10/h2-5H,6H2,1H3. The lowest BCUT2D eigenvalue weighted by Crippen LogP contribution is -2.01. The summed E-state index contributed by atoms with van der Waals surface area (Å²) in [6.45, 7) is 0. The first-order valence-electron chi connectivity index (χ1n) is 3.65. The van der Waals surface area contributed by atoms with E-state index in [-0.39, 0.29) is 5.97 Å². The Morgan fingerprint density at radius 3 is 2.92 bits per heavy atom. The molecule has 0 atom stereocenters. The van der Waals surface area contributed by atoms with Gasteiger partial charge >= 0.3 is 5.97 Å². The molecule has 0 unspecified atom stereocenters. The van der Waals surface area contributed by atoms with Gasteiger partial charge in [-0.3, -0.25) is 0 Å². The normalized spacial score (nSPS) is 9.42. The molecule has 0 aliphatic rings. The molecule has 2 radical (unpaired) electrons. The number of benzene rings is 1. The van der Waals surface area contributed by atoms with E-state index in [1.807, 2.05) is 6.07 Å². The van der Waals surface area contributed by atoms with Gasteiger partial charge in [0.15, 0.2) is 0 Å². The average Bonchev–Trinajstić information content (AvgIpc) is 2.17. The molecule has 0 aliphatic heterocycles. The molecule has 0 saturated carbocycles. The van der Waals surface area contributed by atoms with Gasteiger partial charge in [0.2, 0.25) is 0 Å². The van der Waals surface area contributed by atoms with Crippen molar-refractivity contribution in [1.82, 2.24) is 0 Å². The molecule has 60 valence electrons. The molecule has 0 aliphatic carbocycles. The number of carbonyl (C=O) groups is 1. The van der Waals surface area contributed by atoms with E-state index in [1.165, 1.54) is 7.11 Å². The van der Waals surface area contributed by atoms with Crippen molar-refractivity contribution >= 4 is 13.8 Å². The maximum Gasteiger partial charge on any atom is 0.337 e. The lowest BCUT2D eigenvalue weighted by atomic mass is 9.96. The van der Waals surface area contributed by atoms with E-state index in [1.54, 1.807) is 18.2 Å². The Kier molecular flexibility index (Phi) is 2.91. The Balaban J connectivity index is 2.93. The number of esters is 1. The molecule has 0 amide bonds. The summed E-state index contributed by atoms with van der Waals surface area (Å²) >= 11 is 0. The summed E-state index contributed by atoms with van der Waals surface area (Å²) in [5, 5.41) is 0. The third-order valence-electron chi connectivity index (χ3n) is 1.58. The quantitative estimate of drug-likeness (QED) is 0.479. The van der Waals surface area contributed by atoms with Crippen molar-refractivity contribution in [3.63, 3.8) is 0 Å². The van der Waals surface area contributed by atoms with Crippen molar-refractivity contribution < 1.29 is 9.53 Å². The monoisotopic (exact) mass is 160 g/mol. The van der Waals surface area contributed by atoms with Gasteiger partial charge in [-0.05, 0) is 12.1 Å². The third-order valence-corrected chi connectivity index (χ3v) is 1.58. The fourth-order valence-electron chi connectivity index (χ4n) is 0.943. The minimum atomic E-state index is -0.328. The largest absolute Gasteiger partial charge is 0.465 e. The Morgan fingerprint density at radius 1 is 1.58 bits per heavy atom. The highest BCUT2D eigenvalue weighted by atomic mass is 16.5. The van der Waals surface area contributed by atoms with Gasteiger partial charge < -0.3 is 4.74 Å². The van der Waals surface area contributed by atoms with Crippen LogP contribution < -0.4 is 0 Å². The maximum atomic E-state index is 11.0. The number of hydrogen-bond donors (Lipinski definition) is 0. The lowest BCUT2D eigenvalue weighted by molar-refractivity contribution is 0.0600. The second-order valence-corrected chi connectivity index (χ2v) is 2.40. The smallest absolute Gasteiger partial charge is 0.337 e. The first-order chi connectivity index (χ1) is 5.77. The van der Waals surface area contributed by atoms with E-state index in [4.69, 9.17) is 7.85 Å². The van der Waals surface area contributed by atoms with Gasteiger partial charge in [0.1, 0.15) is 0 Å². The summed E-state index contributed by atoms with van der Waals surface area (Å²) in [7, 11) is 6.77. The molecule has 0 aromatic heterocycles. The summed E-state index contributed by atoms with van der Waals surface area (Å²) < 4.78 is 4.56.